The summed E-state index contributed by atoms with van der Waals surface area (Å²) in [5.74, 6) is 0.288. The maximum Gasteiger partial charge on any atom is 0.244 e. The van der Waals surface area contributed by atoms with Gasteiger partial charge in [0.1, 0.15) is 11.8 Å². The number of benzene rings is 3. The Balaban J connectivity index is 1.58. The summed E-state index contributed by atoms with van der Waals surface area (Å²) in [5.41, 5.74) is 3.03. The number of fused-ring (bicyclic) bond motifs is 1. The van der Waals surface area contributed by atoms with Crippen molar-refractivity contribution in [3.63, 3.8) is 0 Å². The van der Waals surface area contributed by atoms with Gasteiger partial charge in [0.25, 0.3) is 0 Å². The fourth-order valence-corrected chi connectivity index (χ4v) is 5.52. The molecule has 0 bridgehead atoms. The summed E-state index contributed by atoms with van der Waals surface area (Å²) in [6.07, 6.45) is 1.02. The highest BCUT2D eigenvalue weighted by molar-refractivity contribution is 7.89. The number of rotatable bonds is 7. The summed E-state index contributed by atoms with van der Waals surface area (Å²) >= 11 is 0. The smallest absolute Gasteiger partial charge is 0.244 e. The van der Waals surface area contributed by atoms with Crippen molar-refractivity contribution in [3.8, 4) is 5.75 Å². The molecule has 1 amide bonds. The van der Waals surface area contributed by atoms with Crippen molar-refractivity contribution < 1.29 is 17.9 Å². The highest BCUT2D eigenvalue weighted by atomic mass is 32.2. The molecule has 1 aliphatic heterocycles. The number of hydrogen-bond acceptors (Lipinski definition) is 4. The first-order valence-electron chi connectivity index (χ1n) is 10.5. The van der Waals surface area contributed by atoms with Gasteiger partial charge in [-0.2, -0.15) is 4.31 Å². The summed E-state index contributed by atoms with van der Waals surface area (Å²) in [4.78, 5) is 13.3. The van der Waals surface area contributed by atoms with Gasteiger partial charge in [-0.1, -0.05) is 54.6 Å². The van der Waals surface area contributed by atoms with Gasteiger partial charge < -0.3 is 10.1 Å². The van der Waals surface area contributed by atoms with Crippen LogP contribution in [-0.2, 0) is 34.2 Å². The highest BCUT2D eigenvalue weighted by Crippen LogP contribution is 2.30. The van der Waals surface area contributed by atoms with E-state index in [4.69, 9.17) is 4.74 Å². The Bertz CT molecular complexity index is 1180. The molecule has 1 atom stereocenters. The van der Waals surface area contributed by atoms with Gasteiger partial charge in [-0.05, 0) is 53.8 Å². The van der Waals surface area contributed by atoms with Crippen LogP contribution in [0.2, 0.25) is 0 Å². The molecule has 0 fully saturated rings. The second-order valence-electron chi connectivity index (χ2n) is 7.74. The van der Waals surface area contributed by atoms with E-state index in [1.54, 1.807) is 12.1 Å². The maximum absolute atomic E-state index is 13.5. The van der Waals surface area contributed by atoms with Gasteiger partial charge >= 0.3 is 0 Å². The van der Waals surface area contributed by atoms with Crippen LogP contribution in [0, 0.1) is 0 Å². The summed E-state index contributed by atoms with van der Waals surface area (Å²) in [6, 6.07) is 23.0. The first-order chi connectivity index (χ1) is 15.5. The number of ether oxygens (including phenoxy) is 1. The summed E-state index contributed by atoms with van der Waals surface area (Å²) in [7, 11) is -2.36. The zero-order valence-electron chi connectivity index (χ0n) is 17.9. The van der Waals surface area contributed by atoms with Crippen LogP contribution in [0.1, 0.15) is 16.7 Å². The molecule has 6 nitrogen and oxygen atoms in total. The van der Waals surface area contributed by atoms with Crippen LogP contribution < -0.4 is 10.1 Å². The third-order valence-corrected chi connectivity index (χ3v) is 7.60. The Morgan fingerprint density at radius 1 is 0.969 bits per heavy atom. The van der Waals surface area contributed by atoms with E-state index in [-0.39, 0.29) is 17.3 Å². The van der Waals surface area contributed by atoms with Crippen LogP contribution in [0.3, 0.4) is 0 Å². The van der Waals surface area contributed by atoms with Gasteiger partial charge in [0.05, 0.1) is 12.0 Å². The van der Waals surface area contributed by atoms with Crippen LogP contribution in [0.25, 0.3) is 0 Å². The second-order valence-corrected chi connectivity index (χ2v) is 9.63. The summed E-state index contributed by atoms with van der Waals surface area (Å²) < 4.78 is 33.5. The quantitative estimate of drug-likeness (QED) is 0.600. The molecule has 3 aromatic carbocycles. The molecule has 0 aromatic heterocycles. The number of methoxy groups -OCH3 is 1. The average Bonchev–Trinajstić information content (AvgIpc) is 2.83. The fourth-order valence-electron chi connectivity index (χ4n) is 3.95. The first kappa shape index (κ1) is 22.0. The zero-order valence-corrected chi connectivity index (χ0v) is 18.7. The lowest BCUT2D eigenvalue weighted by molar-refractivity contribution is -0.125. The van der Waals surface area contributed by atoms with E-state index in [0.29, 0.717) is 25.1 Å². The standard InChI is InChI=1S/C25H26N2O4S/c1-31-22-11-13-23(14-12-22)32(29,30)27-18-21-10-6-5-9-20(21)17-24(27)25(28)26-16-15-19-7-3-2-4-8-19/h2-14,24H,15-18H2,1H3,(H,26,28). The largest absolute Gasteiger partial charge is 0.497 e. The molecule has 0 saturated heterocycles. The number of carbonyl (C=O) groups excluding carboxylic acids is 1. The molecule has 0 spiro atoms. The van der Waals surface area contributed by atoms with Crippen molar-refractivity contribution >= 4 is 15.9 Å². The molecule has 0 saturated carbocycles. The molecule has 1 N–H and O–H groups in total. The van der Waals surface area contributed by atoms with Crippen LogP contribution >= 0.6 is 0 Å². The van der Waals surface area contributed by atoms with Crippen LogP contribution in [-0.4, -0.2) is 38.3 Å². The zero-order chi connectivity index (χ0) is 22.6. The van der Waals surface area contributed by atoms with Crippen LogP contribution in [0.15, 0.2) is 83.8 Å². The number of nitrogens with zero attached hydrogens (tertiary/aromatic N) is 1. The molecule has 0 aliphatic carbocycles. The van der Waals surface area contributed by atoms with Crippen LogP contribution in [0.4, 0.5) is 0 Å². The van der Waals surface area contributed by atoms with E-state index in [1.165, 1.54) is 23.5 Å². The summed E-state index contributed by atoms with van der Waals surface area (Å²) in [6.45, 7) is 0.596. The third-order valence-electron chi connectivity index (χ3n) is 5.73. The van der Waals surface area contributed by atoms with Gasteiger partial charge in [0.15, 0.2) is 0 Å². The van der Waals surface area contributed by atoms with Crippen molar-refractivity contribution in [2.75, 3.05) is 13.7 Å². The molecule has 0 radical (unpaired) electrons. The van der Waals surface area contributed by atoms with Crippen molar-refractivity contribution in [2.24, 2.45) is 0 Å². The molecular weight excluding hydrogens is 424 g/mol. The number of carbonyl (C=O) groups is 1. The SMILES string of the molecule is COc1ccc(S(=O)(=O)N2Cc3ccccc3CC2C(=O)NCCc2ccccc2)cc1. The molecule has 7 heteroatoms. The molecule has 32 heavy (non-hydrogen) atoms. The Kier molecular flexibility index (Phi) is 6.58. The lowest BCUT2D eigenvalue weighted by Gasteiger charge is -2.35. The minimum Gasteiger partial charge on any atom is -0.497 e. The topological polar surface area (TPSA) is 75.7 Å². The van der Waals surface area contributed by atoms with Crippen molar-refractivity contribution in [1.29, 1.82) is 0 Å². The molecule has 3 aromatic rings. The summed E-state index contributed by atoms with van der Waals surface area (Å²) in [5, 5.41) is 2.94. The molecule has 1 unspecified atom stereocenters. The van der Waals surface area contributed by atoms with Gasteiger partial charge in [-0.3, -0.25) is 4.79 Å². The number of amides is 1. The molecule has 4 rings (SSSR count). The van der Waals surface area contributed by atoms with E-state index >= 15 is 0 Å². The van der Waals surface area contributed by atoms with Gasteiger partial charge in [0.2, 0.25) is 15.9 Å². The highest BCUT2D eigenvalue weighted by Gasteiger charge is 2.39. The van der Waals surface area contributed by atoms with Gasteiger partial charge in [-0.15, -0.1) is 0 Å². The molecular formula is C25H26N2O4S. The van der Waals surface area contributed by atoms with Crippen molar-refractivity contribution in [3.05, 3.63) is 95.6 Å². The molecule has 1 heterocycles. The lowest BCUT2D eigenvalue weighted by Crippen LogP contribution is -2.52. The van der Waals surface area contributed by atoms with Gasteiger partial charge in [0, 0.05) is 13.1 Å². The Labute approximate surface area is 188 Å². The Morgan fingerprint density at radius 2 is 1.62 bits per heavy atom. The van der Waals surface area contributed by atoms with E-state index in [1.807, 2.05) is 54.6 Å². The fraction of sp³-hybridized carbons (Fsp3) is 0.240. The van der Waals surface area contributed by atoms with E-state index in [0.717, 1.165) is 16.7 Å². The molecule has 166 valence electrons. The number of nitrogens with one attached hydrogen (secondary N) is 1. The third kappa shape index (κ3) is 4.69. The Morgan fingerprint density at radius 3 is 2.31 bits per heavy atom. The second kappa shape index (κ2) is 9.54. The van der Waals surface area contributed by atoms with Crippen molar-refractivity contribution in [2.45, 2.75) is 30.3 Å². The van der Waals surface area contributed by atoms with E-state index in [9.17, 15) is 13.2 Å². The lowest BCUT2D eigenvalue weighted by atomic mass is 9.95. The van der Waals surface area contributed by atoms with E-state index in [2.05, 4.69) is 5.32 Å². The monoisotopic (exact) mass is 450 g/mol. The van der Waals surface area contributed by atoms with Crippen LogP contribution in [0.5, 0.6) is 5.75 Å². The predicted octanol–water partition coefficient (Wildman–Crippen LogP) is 3.17. The minimum atomic E-state index is -3.88. The Hall–Kier alpha value is -3.16. The number of sulfonamides is 1. The average molecular weight is 451 g/mol. The molecule has 1 aliphatic rings. The van der Waals surface area contributed by atoms with Crippen molar-refractivity contribution in [1.82, 2.24) is 9.62 Å². The van der Waals surface area contributed by atoms with E-state index < -0.39 is 16.1 Å². The first-order valence-corrected chi connectivity index (χ1v) is 12.0. The minimum absolute atomic E-state index is 0.139. The number of hydrogen-bond donors (Lipinski definition) is 1. The predicted molar refractivity (Wildman–Crippen MR) is 123 cm³/mol. The van der Waals surface area contributed by atoms with Gasteiger partial charge in [-0.25, -0.2) is 8.42 Å². The maximum atomic E-state index is 13.5. The normalized spacial score (nSPS) is 16.2.